The van der Waals surface area contributed by atoms with Crippen LogP contribution in [0.25, 0.3) is 0 Å². The molecule has 0 aromatic heterocycles. The van der Waals surface area contributed by atoms with Crippen molar-refractivity contribution in [1.29, 1.82) is 0 Å². The smallest absolute Gasteiger partial charge is 0.319 e. The van der Waals surface area contributed by atoms with Gasteiger partial charge >= 0.3 is 6.03 Å². The zero-order valence-corrected chi connectivity index (χ0v) is 21.0. The summed E-state index contributed by atoms with van der Waals surface area (Å²) < 4.78 is 0. The van der Waals surface area contributed by atoms with E-state index in [0.717, 1.165) is 18.4 Å². The average Bonchev–Trinajstić information content (AvgIpc) is 2.78. The highest BCUT2D eigenvalue weighted by atomic mass is 16.3. The number of rotatable bonds is 20. The van der Waals surface area contributed by atoms with Gasteiger partial charge in [0.25, 0.3) is 0 Å². The Bertz CT molecular complexity index is 589. The topological polar surface area (TPSA) is 61.4 Å². The molecular formula is C28H50N2O2. The third-order valence-corrected chi connectivity index (χ3v) is 6.22. The summed E-state index contributed by atoms with van der Waals surface area (Å²) in [5.41, 5.74) is 1.46. The van der Waals surface area contributed by atoms with Crippen molar-refractivity contribution in [3.63, 3.8) is 0 Å². The maximum Gasteiger partial charge on any atom is 0.319 e. The largest absolute Gasteiger partial charge is 0.506 e. The van der Waals surface area contributed by atoms with Crippen LogP contribution in [0, 0.1) is 6.92 Å². The lowest BCUT2D eigenvalue weighted by Crippen LogP contribution is -2.29. The van der Waals surface area contributed by atoms with Gasteiger partial charge in [-0.1, -0.05) is 122 Å². The summed E-state index contributed by atoms with van der Waals surface area (Å²) in [7, 11) is 0. The highest BCUT2D eigenvalue weighted by molar-refractivity contribution is 5.90. The fourth-order valence-electron chi connectivity index (χ4n) is 4.15. The van der Waals surface area contributed by atoms with Crippen LogP contribution >= 0.6 is 0 Å². The number of phenols is 1. The van der Waals surface area contributed by atoms with Gasteiger partial charge in [-0.05, 0) is 31.0 Å². The Morgan fingerprint density at radius 1 is 0.719 bits per heavy atom. The Kier molecular flexibility index (Phi) is 17.6. The highest BCUT2D eigenvalue weighted by Gasteiger charge is 2.05. The lowest BCUT2D eigenvalue weighted by molar-refractivity contribution is 0.251. The molecule has 3 N–H and O–H groups in total. The number of amides is 2. The summed E-state index contributed by atoms with van der Waals surface area (Å²) in [6.07, 6.45) is 24.5. The first-order valence-corrected chi connectivity index (χ1v) is 13.5. The number of nitrogens with one attached hydrogen (secondary N) is 2. The monoisotopic (exact) mass is 446 g/mol. The quantitative estimate of drug-likeness (QED) is 0.138. The number of carbonyl (C=O) groups excluding carboxylic acids is 1. The van der Waals surface area contributed by atoms with Crippen molar-refractivity contribution in [2.45, 2.75) is 129 Å². The maximum absolute atomic E-state index is 11.9. The normalized spacial score (nSPS) is 10.9. The number of aromatic hydroxyl groups is 1. The van der Waals surface area contributed by atoms with Crippen LogP contribution in [0.3, 0.4) is 0 Å². The van der Waals surface area contributed by atoms with E-state index in [1.165, 1.54) is 103 Å². The molecular weight excluding hydrogens is 396 g/mol. The van der Waals surface area contributed by atoms with E-state index in [0.29, 0.717) is 12.2 Å². The van der Waals surface area contributed by atoms with Gasteiger partial charge in [-0.3, -0.25) is 0 Å². The van der Waals surface area contributed by atoms with Gasteiger partial charge in [-0.25, -0.2) is 4.79 Å². The molecule has 0 spiro atoms. The molecule has 2 amide bonds. The van der Waals surface area contributed by atoms with Crippen LogP contribution in [0.15, 0.2) is 18.2 Å². The van der Waals surface area contributed by atoms with Crippen molar-refractivity contribution in [3.05, 3.63) is 23.8 Å². The third-order valence-electron chi connectivity index (χ3n) is 6.22. The molecule has 0 saturated heterocycles. The first kappa shape index (κ1) is 28.3. The molecule has 1 rings (SSSR count). The van der Waals surface area contributed by atoms with Gasteiger partial charge in [0.05, 0.1) is 5.69 Å². The zero-order valence-electron chi connectivity index (χ0n) is 21.0. The summed E-state index contributed by atoms with van der Waals surface area (Å²) in [5.74, 6) is 0.0962. The SMILES string of the molecule is CCCCCCCCCCCCCCCCCCCCNC(=O)Nc1cc(C)ccc1O. The number of unbranched alkanes of at least 4 members (excludes halogenated alkanes) is 17. The highest BCUT2D eigenvalue weighted by Crippen LogP contribution is 2.23. The maximum atomic E-state index is 11.9. The Balaban J connectivity index is 1.80. The fourth-order valence-corrected chi connectivity index (χ4v) is 4.15. The average molecular weight is 447 g/mol. The summed E-state index contributed by atoms with van der Waals surface area (Å²) in [4.78, 5) is 11.9. The van der Waals surface area contributed by atoms with E-state index in [2.05, 4.69) is 17.6 Å². The molecule has 1 aromatic rings. The van der Waals surface area contributed by atoms with E-state index < -0.39 is 0 Å². The van der Waals surface area contributed by atoms with E-state index in [1.807, 2.05) is 13.0 Å². The molecule has 4 heteroatoms. The van der Waals surface area contributed by atoms with Gasteiger partial charge in [0.1, 0.15) is 5.75 Å². The standard InChI is InChI=1S/C28H50N2O2/c1-3-4-5-6-7-8-9-10-11-12-13-14-15-16-17-18-19-20-23-29-28(32)30-26-24-25(2)21-22-27(26)31/h21-22,24,31H,3-20,23H2,1-2H3,(H2,29,30,32). The van der Waals surface area contributed by atoms with Gasteiger partial charge in [-0.15, -0.1) is 0 Å². The number of anilines is 1. The fraction of sp³-hybridized carbons (Fsp3) is 0.750. The summed E-state index contributed by atoms with van der Waals surface area (Å²) in [6, 6.07) is 4.93. The van der Waals surface area contributed by atoms with Crippen molar-refractivity contribution >= 4 is 11.7 Å². The van der Waals surface area contributed by atoms with E-state index in [-0.39, 0.29) is 11.8 Å². The number of urea groups is 1. The van der Waals surface area contributed by atoms with E-state index in [1.54, 1.807) is 12.1 Å². The molecule has 0 aliphatic rings. The molecule has 0 bridgehead atoms. The van der Waals surface area contributed by atoms with Crippen LogP contribution in [-0.4, -0.2) is 17.7 Å². The number of hydrogen-bond acceptors (Lipinski definition) is 2. The summed E-state index contributed by atoms with van der Waals surface area (Å²) in [5, 5.41) is 15.4. The van der Waals surface area contributed by atoms with E-state index in [4.69, 9.17) is 0 Å². The van der Waals surface area contributed by atoms with Crippen LogP contribution in [-0.2, 0) is 0 Å². The summed E-state index contributed by atoms with van der Waals surface area (Å²) >= 11 is 0. The van der Waals surface area contributed by atoms with Crippen LogP contribution in [0.4, 0.5) is 10.5 Å². The minimum absolute atomic E-state index is 0.0962. The van der Waals surface area contributed by atoms with Crippen molar-refractivity contribution in [3.8, 4) is 5.75 Å². The van der Waals surface area contributed by atoms with Crippen molar-refractivity contribution in [1.82, 2.24) is 5.32 Å². The predicted molar refractivity (Wildman–Crippen MR) is 139 cm³/mol. The molecule has 0 radical (unpaired) electrons. The van der Waals surface area contributed by atoms with Gasteiger partial charge in [0.2, 0.25) is 0 Å². The Morgan fingerprint density at radius 3 is 1.62 bits per heavy atom. The first-order chi connectivity index (χ1) is 15.6. The molecule has 0 aliphatic heterocycles. The Morgan fingerprint density at radius 2 is 1.16 bits per heavy atom. The third kappa shape index (κ3) is 16.0. The first-order valence-electron chi connectivity index (χ1n) is 13.5. The molecule has 184 valence electrons. The second-order valence-corrected chi connectivity index (χ2v) is 9.41. The summed E-state index contributed by atoms with van der Waals surface area (Å²) in [6.45, 7) is 4.89. The molecule has 0 saturated carbocycles. The number of hydrogen-bond donors (Lipinski definition) is 3. The molecule has 0 aliphatic carbocycles. The van der Waals surface area contributed by atoms with E-state index in [9.17, 15) is 9.90 Å². The predicted octanol–water partition coefficient (Wildman–Crippen LogP) is 8.86. The number of aryl methyl sites for hydroxylation is 1. The molecule has 1 aromatic carbocycles. The van der Waals surface area contributed by atoms with Crippen molar-refractivity contribution in [2.75, 3.05) is 11.9 Å². The van der Waals surface area contributed by atoms with Crippen molar-refractivity contribution < 1.29 is 9.90 Å². The number of carbonyl (C=O) groups is 1. The minimum atomic E-state index is -0.252. The van der Waals surface area contributed by atoms with Crippen LogP contribution < -0.4 is 10.6 Å². The lowest BCUT2D eigenvalue weighted by Gasteiger charge is -2.09. The zero-order chi connectivity index (χ0) is 23.3. The van der Waals surface area contributed by atoms with Gasteiger partial charge in [0, 0.05) is 6.54 Å². The number of phenolic OH excluding ortho intramolecular Hbond substituents is 1. The van der Waals surface area contributed by atoms with Crippen LogP contribution in [0.1, 0.15) is 128 Å². The minimum Gasteiger partial charge on any atom is -0.506 e. The Hall–Kier alpha value is -1.71. The van der Waals surface area contributed by atoms with Crippen molar-refractivity contribution in [2.24, 2.45) is 0 Å². The molecule has 4 nitrogen and oxygen atoms in total. The van der Waals surface area contributed by atoms with E-state index >= 15 is 0 Å². The molecule has 0 unspecified atom stereocenters. The number of benzene rings is 1. The molecule has 32 heavy (non-hydrogen) atoms. The lowest BCUT2D eigenvalue weighted by atomic mass is 10.0. The second-order valence-electron chi connectivity index (χ2n) is 9.41. The van der Waals surface area contributed by atoms with Gasteiger partial charge < -0.3 is 15.7 Å². The van der Waals surface area contributed by atoms with Crippen LogP contribution in [0.2, 0.25) is 0 Å². The Labute approximate surface area is 198 Å². The van der Waals surface area contributed by atoms with Gasteiger partial charge in [0.15, 0.2) is 0 Å². The second kappa shape index (κ2) is 19.9. The van der Waals surface area contributed by atoms with Gasteiger partial charge in [-0.2, -0.15) is 0 Å². The van der Waals surface area contributed by atoms with Crippen LogP contribution in [0.5, 0.6) is 5.75 Å². The molecule has 0 atom stereocenters. The molecule has 0 heterocycles. The molecule has 0 fully saturated rings.